The highest BCUT2D eigenvalue weighted by atomic mass is 19.4. The molecule has 0 saturated carbocycles. The molecule has 0 atom stereocenters. The van der Waals surface area contributed by atoms with Crippen LogP contribution in [0.15, 0.2) is 11.1 Å². The minimum Gasteiger partial charge on any atom is -0.281 e. The van der Waals surface area contributed by atoms with Crippen molar-refractivity contribution in [3.05, 3.63) is 11.1 Å². The first-order chi connectivity index (χ1) is 6.79. The fourth-order valence-electron chi connectivity index (χ4n) is 1.13. The predicted octanol–water partition coefficient (Wildman–Crippen LogP) is 0.758. The number of rotatable bonds is 0. The largest absolute Gasteiger partial charge is 0.414 e. The summed E-state index contributed by atoms with van der Waals surface area (Å²) < 4.78 is 37.0. The van der Waals surface area contributed by atoms with E-state index in [1.54, 1.807) is 0 Å². The summed E-state index contributed by atoms with van der Waals surface area (Å²) in [6.07, 6.45) is -5.79. The number of hydrogen-bond acceptors (Lipinski definition) is 3. The molecule has 1 heterocycles. The maximum absolute atomic E-state index is 12.3. The average molecular weight is 218 g/mol. The second-order valence-corrected chi connectivity index (χ2v) is 2.90. The summed E-state index contributed by atoms with van der Waals surface area (Å²) in [6, 6.07) is 1.18. The van der Waals surface area contributed by atoms with Crippen LogP contribution in [-0.4, -0.2) is 29.9 Å². The van der Waals surface area contributed by atoms with E-state index in [9.17, 15) is 22.8 Å². The van der Waals surface area contributed by atoms with E-state index >= 15 is 0 Å². The Morgan fingerprint density at radius 3 is 2.33 bits per heavy atom. The van der Waals surface area contributed by atoms with Crippen LogP contribution in [0, 0.1) is 11.3 Å². The van der Waals surface area contributed by atoms with E-state index in [4.69, 9.17) is 5.26 Å². The number of hydrogen-bond donors (Lipinski definition) is 0. The normalized spacial score (nSPS) is 18.2. The van der Waals surface area contributed by atoms with Crippen LogP contribution in [-0.2, 0) is 9.59 Å². The lowest BCUT2D eigenvalue weighted by molar-refractivity contribution is -0.145. The molecule has 7 heteroatoms. The molecule has 0 bridgehead atoms. The van der Waals surface area contributed by atoms with Gasteiger partial charge in [0.05, 0.1) is 12.0 Å². The van der Waals surface area contributed by atoms with Gasteiger partial charge in [0.2, 0.25) is 5.91 Å². The van der Waals surface area contributed by atoms with Gasteiger partial charge in [-0.25, -0.2) is 0 Å². The monoisotopic (exact) mass is 218 g/mol. The molecule has 1 aliphatic heterocycles. The highest BCUT2D eigenvalue weighted by molar-refractivity contribution is 6.10. The summed E-state index contributed by atoms with van der Waals surface area (Å²) in [4.78, 5) is 22.6. The van der Waals surface area contributed by atoms with E-state index in [1.807, 2.05) is 0 Å². The van der Waals surface area contributed by atoms with E-state index in [0.717, 1.165) is 7.05 Å². The van der Waals surface area contributed by atoms with Gasteiger partial charge in [0.1, 0.15) is 11.6 Å². The fraction of sp³-hybridized carbons (Fsp3) is 0.375. The summed E-state index contributed by atoms with van der Waals surface area (Å²) in [5, 5.41) is 8.43. The smallest absolute Gasteiger partial charge is 0.281 e. The third-order valence-electron chi connectivity index (χ3n) is 1.98. The Bertz CT molecular complexity index is 403. The van der Waals surface area contributed by atoms with E-state index in [2.05, 4.69) is 0 Å². The molecule has 0 aromatic rings. The Hall–Kier alpha value is -1.84. The van der Waals surface area contributed by atoms with Crippen molar-refractivity contribution in [3.63, 3.8) is 0 Å². The maximum atomic E-state index is 12.3. The lowest BCUT2D eigenvalue weighted by Gasteiger charge is -2.23. The van der Waals surface area contributed by atoms with Crippen LogP contribution in [0.3, 0.4) is 0 Å². The third kappa shape index (κ3) is 1.83. The molecular formula is C8H5F3N2O2. The molecule has 0 aliphatic carbocycles. The van der Waals surface area contributed by atoms with Crippen molar-refractivity contribution in [1.29, 1.82) is 5.26 Å². The van der Waals surface area contributed by atoms with E-state index in [0.29, 0.717) is 4.90 Å². The van der Waals surface area contributed by atoms with Gasteiger partial charge in [-0.3, -0.25) is 14.5 Å². The zero-order valence-electron chi connectivity index (χ0n) is 7.55. The number of carbonyl (C=O) groups is 2. The van der Waals surface area contributed by atoms with Gasteiger partial charge in [-0.05, 0) is 0 Å². The molecule has 0 aromatic heterocycles. The SMILES string of the molecule is CN1C(=O)CC(C(F)(F)F)=C(C#N)C1=O. The van der Waals surface area contributed by atoms with Crippen LogP contribution in [0.4, 0.5) is 13.2 Å². The van der Waals surface area contributed by atoms with Gasteiger partial charge in [-0.2, -0.15) is 18.4 Å². The Balaban J connectivity index is 3.34. The van der Waals surface area contributed by atoms with Crippen LogP contribution in [0.25, 0.3) is 0 Å². The lowest BCUT2D eigenvalue weighted by Crippen LogP contribution is -2.40. The third-order valence-corrected chi connectivity index (χ3v) is 1.98. The van der Waals surface area contributed by atoms with Crippen molar-refractivity contribution in [2.24, 2.45) is 0 Å². The molecular weight excluding hydrogens is 213 g/mol. The van der Waals surface area contributed by atoms with E-state index in [1.165, 1.54) is 6.07 Å². The van der Waals surface area contributed by atoms with Gasteiger partial charge in [-0.1, -0.05) is 0 Å². The Kier molecular flexibility index (Phi) is 2.53. The van der Waals surface area contributed by atoms with Crippen molar-refractivity contribution in [1.82, 2.24) is 4.90 Å². The lowest BCUT2D eigenvalue weighted by atomic mass is 9.99. The number of amides is 2. The van der Waals surface area contributed by atoms with Crippen molar-refractivity contribution in [2.45, 2.75) is 12.6 Å². The van der Waals surface area contributed by atoms with Gasteiger partial charge in [-0.15, -0.1) is 0 Å². The van der Waals surface area contributed by atoms with Crippen LogP contribution in [0.2, 0.25) is 0 Å². The summed E-state index contributed by atoms with van der Waals surface area (Å²) >= 11 is 0. The van der Waals surface area contributed by atoms with Crippen LogP contribution >= 0.6 is 0 Å². The summed E-state index contributed by atoms with van der Waals surface area (Å²) in [5.41, 5.74) is -2.37. The summed E-state index contributed by atoms with van der Waals surface area (Å²) in [6.45, 7) is 0. The standard InChI is InChI=1S/C8H5F3N2O2/c1-13-6(14)2-5(8(9,10)11)4(3-12)7(13)15/h2H2,1H3. The predicted molar refractivity (Wildman–Crippen MR) is 41.1 cm³/mol. The zero-order valence-corrected chi connectivity index (χ0v) is 7.55. The van der Waals surface area contributed by atoms with Crippen molar-refractivity contribution in [3.8, 4) is 6.07 Å². The van der Waals surface area contributed by atoms with Gasteiger partial charge in [0.25, 0.3) is 5.91 Å². The Labute approximate surface area is 82.6 Å². The highest BCUT2D eigenvalue weighted by Crippen LogP contribution is 2.34. The number of nitrogens with zero attached hydrogens (tertiary/aromatic N) is 2. The second-order valence-electron chi connectivity index (χ2n) is 2.90. The maximum Gasteiger partial charge on any atom is 0.414 e. The molecule has 0 saturated heterocycles. The van der Waals surface area contributed by atoms with Crippen LogP contribution < -0.4 is 0 Å². The van der Waals surface area contributed by atoms with Gasteiger partial charge in [0, 0.05) is 7.05 Å². The molecule has 0 radical (unpaired) electrons. The number of alkyl halides is 3. The number of imide groups is 1. The number of halogens is 3. The first-order valence-corrected chi connectivity index (χ1v) is 3.80. The highest BCUT2D eigenvalue weighted by Gasteiger charge is 2.44. The molecule has 1 aliphatic rings. The van der Waals surface area contributed by atoms with Gasteiger partial charge < -0.3 is 0 Å². The van der Waals surface area contributed by atoms with Crippen LogP contribution in [0.5, 0.6) is 0 Å². The second kappa shape index (κ2) is 3.38. The fourth-order valence-corrected chi connectivity index (χ4v) is 1.13. The van der Waals surface area contributed by atoms with Gasteiger partial charge in [0.15, 0.2) is 0 Å². The quantitative estimate of drug-likeness (QED) is 0.564. The molecule has 0 N–H and O–H groups in total. The molecule has 0 fully saturated rings. The summed E-state index contributed by atoms with van der Waals surface area (Å²) in [7, 11) is 1.04. The number of carbonyl (C=O) groups excluding carboxylic acids is 2. The minimum atomic E-state index is -4.82. The molecule has 0 unspecified atom stereocenters. The Morgan fingerprint density at radius 2 is 1.93 bits per heavy atom. The average Bonchev–Trinajstić information content (AvgIpc) is 2.12. The molecule has 15 heavy (non-hydrogen) atoms. The number of likely N-dealkylation sites (N-methyl/N-ethyl adjacent to an activating group) is 1. The topological polar surface area (TPSA) is 61.2 Å². The number of nitriles is 1. The molecule has 0 spiro atoms. The molecule has 4 nitrogen and oxygen atoms in total. The van der Waals surface area contributed by atoms with Crippen LogP contribution in [0.1, 0.15) is 6.42 Å². The van der Waals surface area contributed by atoms with Crippen molar-refractivity contribution >= 4 is 11.8 Å². The molecule has 0 aromatic carbocycles. The van der Waals surface area contributed by atoms with Crippen molar-refractivity contribution < 1.29 is 22.8 Å². The van der Waals surface area contributed by atoms with E-state index < -0.39 is 35.6 Å². The first-order valence-electron chi connectivity index (χ1n) is 3.80. The minimum absolute atomic E-state index is 0.508. The summed E-state index contributed by atoms with van der Waals surface area (Å²) in [5.74, 6) is -2.17. The zero-order chi connectivity index (χ0) is 11.8. The van der Waals surface area contributed by atoms with Gasteiger partial charge >= 0.3 is 6.18 Å². The molecule has 2 amide bonds. The Morgan fingerprint density at radius 1 is 1.40 bits per heavy atom. The first kappa shape index (κ1) is 11.2. The molecule has 1 rings (SSSR count). The van der Waals surface area contributed by atoms with Crippen molar-refractivity contribution in [2.75, 3.05) is 7.05 Å². The van der Waals surface area contributed by atoms with E-state index in [-0.39, 0.29) is 0 Å². The molecule has 80 valence electrons.